The number of anilines is 1. The molecule has 2 rings (SSSR count). The zero-order chi connectivity index (χ0) is 13.8. The lowest BCUT2D eigenvalue weighted by Crippen LogP contribution is -2.14. The van der Waals surface area contributed by atoms with Crippen LogP contribution in [0.25, 0.3) is 0 Å². The third kappa shape index (κ3) is 2.98. The molecule has 96 valence electrons. The average Bonchev–Trinajstić information content (AvgIpc) is 2.39. The number of carboxylic acids is 1. The maximum absolute atomic E-state index is 12.0. The van der Waals surface area contributed by atoms with Crippen molar-refractivity contribution in [1.29, 1.82) is 0 Å². The second-order valence-corrected chi connectivity index (χ2v) is 4.17. The number of benzene rings is 2. The van der Waals surface area contributed by atoms with Crippen molar-refractivity contribution in [2.24, 2.45) is 0 Å². The molecule has 0 saturated carbocycles. The van der Waals surface area contributed by atoms with Gasteiger partial charge in [-0.25, -0.2) is 4.79 Å². The van der Waals surface area contributed by atoms with Gasteiger partial charge in [0.2, 0.25) is 0 Å². The van der Waals surface area contributed by atoms with E-state index in [4.69, 9.17) is 5.11 Å². The van der Waals surface area contributed by atoms with Crippen molar-refractivity contribution < 1.29 is 14.7 Å². The quantitative estimate of drug-likeness (QED) is 0.886. The molecule has 2 aromatic carbocycles. The number of amides is 1. The normalized spacial score (nSPS) is 9.95. The Morgan fingerprint density at radius 1 is 1.00 bits per heavy atom. The van der Waals surface area contributed by atoms with Crippen LogP contribution in [0.15, 0.2) is 48.5 Å². The van der Waals surface area contributed by atoms with Gasteiger partial charge in [0, 0.05) is 5.56 Å². The molecular weight excluding hydrogens is 242 g/mol. The third-order valence-corrected chi connectivity index (χ3v) is 2.72. The maximum Gasteiger partial charge on any atom is 0.337 e. The van der Waals surface area contributed by atoms with Gasteiger partial charge in [-0.1, -0.05) is 29.8 Å². The minimum Gasteiger partial charge on any atom is -0.478 e. The number of hydrogen-bond acceptors (Lipinski definition) is 2. The first-order chi connectivity index (χ1) is 9.08. The molecule has 0 saturated heterocycles. The summed E-state index contributed by atoms with van der Waals surface area (Å²) in [5.41, 5.74) is 1.91. The molecular formula is C15H13NO3. The highest BCUT2D eigenvalue weighted by Crippen LogP contribution is 2.16. The van der Waals surface area contributed by atoms with Crippen LogP contribution < -0.4 is 5.32 Å². The van der Waals surface area contributed by atoms with Gasteiger partial charge >= 0.3 is 5.97 Å². The maximum atomic E-state index is 12.0. The summed E-state index contributed by atoms with van der Waals surface area (Å²) in [5.74, 6) is -1.39. The van der Waals surface area contributed by atoms with Gasteiger partial charge in [0.15, 0.2) is 0 Å². The van der Waals surface area contributed by atoms with Crippen molar-refractivity contribution in [2.75, 3.05) is 5.32 Å². The van der Waals surface area contributed by atoms with Gasteiger partial charge in [-0.05, 0) is 31.2 Å². The lowest BCUT2D eigenvalue weighted by atomic mass is 10.1. The number of carboxylic acid groups (broad SMARTS) is 1. The number of carbonyl (C=O) groups is 2. The molecule has 0 aliphatic rings. The van der Waals surface area contributed by atoms with Crippen molar-refractivity contribution in [1.82, 2.24) is 0 Å². The first kappa shape index (κ1) is 12.8. The zero-order valence-electron chi connectivity index (χ0n) is 10.4. The molecule has 0 heterocycles. The standard InChI is InChI=1S/C15H13NO3/c1-10-6-8-11(9-7-10)14(17)16-13-5-3-2-4-12(13)15(18)19/h2-9H,1H3,(H,16,17)(H,18,19). The molecule has 2 N–H and O–H groups in total. The fourth-order valence-corrected chi connectivity index (χ4v) is 1.68. The predicted octanol–water partition coefficient (Wildman–Crippen LogP) is 2.95. The monoisotopic (exact) mass is 255 g/mol. The van der Waals surface area contributed by atoms with E-state index in [1.807, 2.05) is 19.1 Å². The van der Waals surface area contributed by atoms with Crippen LogP contribution in [0.4, 0.5) is 5.69 Å². The number of aryl methyl sites for hydroxylation is 1. The lowest BCUT2D eigenvalue weighted by Gasteiger charge is -2.08. The Kier molecular flexibility index (Phi) is 3.61. The van der Waals surface area contributed by atoms with Gasteiger partial charge in [-0.15, -0.1) is 0 Å². The van der Waals surface area contributed by atoms with E-state index in [0.29, 0.717) is 11.3 Å². The Balaban J connectivity index is 2.24. The van der Waals surface area contributed by atoms with Gasteiger partial charge in [0.1, 0.15) is 0 Å². The van der Waals surface area contributed by atoms with E-state index in [1.54, 1.807) is 30.3 Å². The van der Waals surface area contributed by atoms with Gasteiger partial charge in [-0.3, -0.25) is 4.79 Å². The summed E-state index contributed by atoms with van der Waals surface area (Å²) in [6, 6.07) is 13.4. The summed E-state index contributed by atoms with van der Waals surface area (Å²) in [6.45, 7) is 1.93. The highest BCUT2D eigenvalue weighted by atomic mass is 16.4. The van der Waals surface area contributed by atoms with E-state index in [-0.39, 0.29) is 11.5 Å². The van der Waals surface area contributed by atoms with E-state index in [0.717, 1.165) is 5.56 Å². The number of nitrogens with one attached hydrogen (secondary N) is 1. The Morgan fingerprint density at radius 2 is 1.63 bits per heavy atom. The molecule has 19 heavy (non-hydrogen) atoms. The van der Waals surface area contributed by atoms with Crippen molar-refractivity contribution in [3.05, 3.63) is 65.2 Å². The number of aromatic carboxylic acids is 1. The predicted molar refractivity (Wildman–Crippen MR) is 72.5 cm³/mol. The van der Waals surface area contributed by atoms with Gasteiger partial charge < -0.3 is 10.4 Å². The molecule has 0 fully saturated rings. The van der Waals surface area contributed by atoms with Crippen LogP contribution in [0.3, 0.4) is 0 Å². The van der Waals surface area contributed by atoms with E-state index in [1.165, 1.54) is 6.07 Å². The molecule has 0 atom stereocenters. The van der Waals surface area contributed by atoms with Crippen molar-refractivity contribution >= 4 is 17.6 Å². The second-order valence-electron chi connectivity index (χ2n) is 4.17. The number of para-hydroxylation sites is 1. The molecule has 4 nitrogen and oxygen atoms in total. The van der Waals surface area contributed by atoms with Gasteiger partial charge in [0.25, 0.3) is 5.91 Å². The largest absolute Gasteiger partial charge is 0.478 e. The number of rotatable bonds is 3. The van der Waals surface area contributed by atoms with Crippen LogP contribution >= 0.6 is 0 Å². The van der Waals surface area contributed by atoms with E-state index in [2.05, 4.69) is 5.32 Å². The summed E-state index contributed by atoms with van der Waals surface area (Å²) >= 11 is 0. The number of hydrogen-bond donors (Lipinski definition) is 2. The average molecular weight is 255 g/mol. The fraction of sp³-hybridized carbons (Fsp3) is 0.0667. The molecule has 0 aliphatic heterocycles. The molecule has 2 aromatic rings. The molecule has 0 radical (unpaired) electrons. The molecule has 0 bridgehead atoms. The highest BCUT2D eigenvalue weighted by molar-refractivity contribution is 6.07. The topological polar surface area (TPSA) is 66.4 Å². The summed E-state index contributed by atoms with van der Waals surface area (Å²) < 4.78 is 0. The van der Waals surface area contributed by atoms with E-state index < -0.39 is 5.97 Å². The van der Waals surface area contributed by atoms with Crippen molar-refractivity contribution in [2.45, 2.75) is 6.92 Å². The van der Waals surface area contributed by atoms with Crippen molar-refractivity contribution in [3.8, 4) is 0 Å². The lowest BCUT2D eigenvalue weighted by molar-refractivity contribution is 0.0698. The summed E-state index contributed by atoms with van der Waals surface area (Å²) in [5, 5.41) is 11.6. The first-order valence-corrected chi connectivity index (χ1v) is 5.78. The van der Waals surface area contributed by atoms with Crippen LogP contribution in [0, 0.1) is 6.92 Å². The van der Waals surface area contributed by atoms with E-state index >= 15 is 0 Å². The third-order valence-electron chi connectivity index (χ3n) is 2.72. The molecule has 0 aromatic heterocycles. The van der Waals surface area contributed by atoms with Crippen LogP contribution in [-0.2, 0) is 0 Å². The smallest absolute Gasteiger partial charge is 0.337 e. The fourth-order valence-electron chi connectivity index (χ4n) is 1.68. The molecule has 1 amide bonds. The van der Waals surface area contributed by atoms with Crippen LogP contribution in [0.2, 0.25) is 0 Å². The molecule has 0 unspecified atom stereocenters. The molecule has 4 heteroatoms. The highest BCUT2D eigenvalue weighted by Gasteiger charge is 2.12. The number of carbonyl (C=O) groups excluding carboxylic acids is 1. The minimum atomic E-state index is -1.07. The van der Waals surface area contributed by atoms with Gasteiger partial charge in [0.05, 0.1) is 11.3 Å². The SMILES string of the molecule is Cc1ccc(C(=O)Nc2ccccc2C(=O)O)cc1. The summed E-state index contributed by atoms with van der Waals surface area (Å²) in [7, 11) is 0. The van der Waals surface area contributed by atoms with Crippen LogP contribution in [0.5, 0.6) is 0 Å². The Labute approximate surface area is 110 Å². The second kappa shape index (κ2) is 5.35. The Bertz CT molecular complexity index is 618. The minimum absolute atomic E-state index is 0.0722. The van der Waals surface area contributed by atoms with Crippen molar-refractivity contribution in [3.63, 3.8) is 0 Å². The summed E-state index contributed by atoms with van der Waals surface area (Å²) in [4.78, 5) is 23.0. The molecule has 0 aliphatic carbocycles. The first-order valence-electron chi connectivity index (χ1n) is 5.78. The van der Waals surface area contributed by atoms with Crippen LogP contribution in [0.1, 0.15) is 26.3 Å². The van der Waals surface area contributed by atoms with E-state index in [9.17, 15) is 9.59 Å². The Morgan fingerprint density at radius 3 is 2.26 bits per heavy atom. The van der Waals surface area contributed by atoms with Crippen LogP contribution in [-0.4, -0.2) is 17.0 Å². The van der Waals surface area contributed by atoms with Gasteiger partial charge in [-0.2, -0.15) is 0 Å². The molecule has 0 spiro atoms. The Hall–Kier alpha value is -2.62. The zero-order valence-corrected chi connectivity index (χ0v) is 10.4. The summed E-state index contributed by atoms with van der Waals surface area (Å²) in [6.07, 6.45) is 0.